The van der Waals surface area contributed by atoms with E-state index in [-0.39, 0.29) is 0 Å². The molecule has 0 radical (unpaired) electrons. The lowest BCUT2D eigenvalue weighted by Gasteiger charge is -2.02. The van der Waals surface area contributed by atoms with Gasteiger partial charge in [-0.1, -0.05) is 20.8 Å². The van der Waals surface area contributed by atoms with Crippen LogP contribution in [0.2, 0.25) is 0 Å². The van der Waals surface area contributed by atoms with E-state index in [1.165, 1.54) is 0 Å². The van der Waals surface area contributed by atoms with E-state index in [4.69, 9.17) is 4.74 Å². The van der Waals surface area contributed by atoms with E-state index in [2.05, 4.69) is 11.9 Å². The van der Waals surface area contributed by atoms with Gasteiger partial charge in [0.25, 0.3) is 0 Å². The Balaban J connectivity index is 0.000000561. The number of nitrogens with zero attached hydrogens (tertiary/aromatic N) is 1. The molecule has 0 spiro atoms. The zero-order valence-electron chi connectivity index (χ0n) is 8.29. The molecule has 0 fully saturated rings. The summed E-state index contributed by atoms with van der Waals surface area (Å²) in [6.45, 7) is 6.06. The van der Waals surface area contributed by atoms with Crippen molar-refractivity contribution in [3.8, 4) is 5.75 Å². The van der Waals surface area contributed by atoms with Crippen LogP contribution in [0.15, 0.2) is 18.3 Å². The smallest absolute Gasteiger partial charge is 0.140 e. The van der Waals surface area contributed by atoms with Gasteiger partial charge in [0.1, 0.15) is 5.75 Å². The number of aryl methyl sites for hydroxylation is 1. The third-order valence-corrected chi connectivity index (χ3v) is 1.40. The fraction of sp³-hybridized carbons (Fsp3) is 0.500. The van der Waals surface area contributed by atoms with Crippen molar-refractivity contribution in [3.63, 3.8) is 0 Å². The van der Waals surface area contributed by atoms with E-state index in [1.54, 1.807) is 13.3 Å². The summed E-state index contributed by atoms with van der Waals surface area (Å²) >= 11 is 0. The Morgan fingerprint density at radius 2 is 2.08 bits per heavy atom. The first-order valence-corrected chi connectivity index (χ1v) is 4.36. The molecule has 0 aliphatic rings. The molecule has 0 unspecified atom stereocenters. The van der Waals surface area contributed by atoms with Gasteiger partial charge < -0.3 is 4.74 Å². The largest absolute Gasteiger partial charge is 0.495 e. The highest BCUT2D eigenvalue weighted by atomic mass is 16.5. The highest BCUT2D eigenvalue weighted by molar-refractivity contribution is 5.26. The Bertz CT molecular complexity index is 188. The lowest BCUT2D eigenvalue weighted by atomic mass is 10.3. The molecule has 0 atom stereocenters. The molecule has 68 valence electrons. The maximum absolute atomic E-state index is 5.07. The normalized spacial score (nSPS) is 8.33. The summed E-state index contributed by atoms with van der Waals surface area (Å²) in [7, 11) is 1.66. The van der Waals surface area contributed by atoms with Crippen molar-refractivity contribution in [2.45, 2.75) is 27.2 Å². The van der Waals surface area contributed by atoms with Gasteiger partial charge in [0.05, 0.1) is 12.8 Å². The molecule has 0 amide bonds. The molecule has 0 saturated heterocycles. The maximum Gasteiger partial charge on any atom is 0.140 e. The highest BCUT2D eigenvalue weighted by Crippen LogP contribution is 2.13. The first-order valence-electron chi connectivity index (χ1n) is 4.36. The van der Waals surface area contributed by atoms with Crippen LogP contribution in [0, 0.1) is 0 Å². The summed E-state index contributed by atoms with van der Waals surface area (Å²) in [5, 5.41) is 0. The van der Waals surface area contributed by atoms with Crippen molar-refractivity contribution in [2.24, 2.45) is 0 Å². The zero-order chi connectivity index (χ0) is 9.40. The van der Waals surface area contributed by atoms with Gasteiger partial charge in [-0.05, 0) is 18.6 Å². The van der Waals surface area contributed by atoms with Gasteiger partial charge in [-0.3, -0.25) is 4.98 Å². The van der Waals surface area contributed by atoms with Crippen molar-refractivity contribution in [1.82, 2.24) is 4.98 Å². The maximum atomic E-state index is 5.07. The molecule has 1 aromatic rings. The molecule has 1 aromatic heterocycles. The van der Waals surface area contributed by atoms with E-state index in [1.807, 2.05) is 26.0 Å². The van der Waals surface area contributed by atoms with Crippen LogP contribution in [0.25, 0.3) is 0 Å². The number of pyridine rings is 1. The average Bonchev–Trinajstić information content (AvgIpc) is 2.20. The van der Waals surface area contributed by atoms with Gasteiger partial charge in [-0.2, -0.15) is 0 Å². The molecule has 1 heterocycles. The zero-order valence-corrected chi connectivity index (χ0v) is 8.29. The van der Waals surface area contributed by atoms with E-state index < -0.39 is 0 Å². The van der Waals surface area contributed by atoms with Crippen molar-refractivity contribution in [1.29, 1.82) is 0 Å². The van der Waals surface area contributed by atoms with Gasteiger partial charge in [-0.15, -0.1) is 0 Å². The van der Waals surface area contributed by atoms with Crippen LogP contribution < -0.4 is 4.74 Å². The molecule has 2 heteroatoms. The summed E-state index contributed by atoms with van der Waals surface area (Å²) in [5.74, 6) is 0.880. The van der Waals surface area contributed by atoms with Crippen LogP contribution in [0.3, 0.4) is 0 Å². The Kier molecular flexibility index (Phi) is 6.07. The molecule has 2 nitrogen and oxygen atoms in total. The summed E-state index contributed by atoms with van der Waals surface area (Å²) in [4.78, 5) is 4.14. The monoisotopic (exact) mass is 167 g/mol. The van der Waals surface area contributed by atoms with Gasteiger partial charge in [0, 0.05) is 6.20 Å². The van der Waals surface area contributed by atoms with E-state index in [9.17, 15) is 0 Å². The minimum absolute atomic E-state index is 0.880. The van der Waals surface area contributed by atoms with Gasteiger partial charge in [0.2, 0.25) is 0 Å². The second kappa shape index (κ2) is 6.65. The van der Waals surface area contributed by atoms with E-state index >= 15 is 0 Å². The molecule has 0 bridgehead atoms. The van der Waals surface area contributed by atoms with Crippen LogP contribution in [-0.2, 0) is 6.42 Å². The van der Waals surface area contributed by atoms with Crippen LogP contribution in [-0.4, -0.2) is 12.1 Å². The number of hydrogen-bond acceptors (Lipinski definition) is 2. The molecular formula is C10H17NO. The fourth-order valence-corrected chi connectivity index (χ4v) is 0.875. The summed E-state index contributed by atoms with van der Waals surface area (Å²) in [6, 6.07) is 3.80. The van der Waals surface area contributed by atoms with Crippen LogP contribution in [0.1, 0.15) is 26.5 Å². The Morgan fingerprint density at radius 1 is 1.42 bits per heavy atom. The van der Waals surface area contributed by atoms with E-state index in [0.29, 0.717) is 0 Å². The Morgan fingerprint density at radius 3 is 2.50 bits per heavy atom. The lowest BCUT2D eigenvalue weighted by Crippen LogP contribution is -1.92. The predicted octanol–water partition coefficient (Wildman–Crippen LogP) is 2.68. The number of methoxy groups -OCH3 is 1. The number of aromatic nitrogens is 1. The molecule has 1 rings (SSSR count). The standard InChI is InChI=1S/C8H11NO.C2H6/c1-3-7-8(10-2)5-4-6-9-7;1-2/h4-6H,3H2,1-2H3;1-2H3. The number of rotatable bonds is 2. The summed E-state index contributed by atoms with van der Waals surface area (Å²) in [6.07, 6.45) is 2.70. The van der Waals surface area contributed by atoms with Gasteiger partial charge in [-0.25, -0.2) is 0 Å². The molecule has 0 saturated carbocycles. The molecular weight excluding hydrogens is 150 g/mol. The molecule has 0 aliphatic carbocycles. The van der Waals surface area contributed by atoms with Crippen molar-refractivity contribution in [3.05, 3.63) is 24.0 Å². The molecule has 12 heavy (non-hydrogen) atoms. The molecule has 0 aliphatic heterocycles. The summed E-state index contributed by atoms with van der Waals surface area (Å²) < 4.78 is 5.07. The predicted molar refractivity (Wildman–Crippen MR) is 51.5 cm³/mol. The Hall–Kier alpha value is -1.05. The topological polar surface area (TPSA) is 22.1 Å². The molecule has 0 aromatic carbocycles. The van der Waals surface area contributed by atoms with Crippen molar-refractivity contribution in [2.75, 3.05) is 7.11 Å². The van der Waals surface area contributed by atoms with Crippen molar-refractivity contribution >= 4 is 0 Å². The lowest BCUT2D eigenvalue weighted by molar-refractivity contribution is 0.407. The number of hydrogen-bond donors (Lipinski definition) is 0. The van der Waals surface area contributed by atoms with Gasteiger partial charge >= 0.3 is 0 Å². The Labute approximate surface area is 74.6 Å². The number of ether oxygens (including phenoxy) is 1. The third-order valence-electron chi connectivity index (χ3n) is 1.40. The quantitative estimate of drug-likeness (QED) is 0.675. The minimum Gasteiger partial charge on any atom is -0.495 e. The van der Waals surface area contributed by atoms with Crippen LogP contribution in [0.5, 0.6) is 5.75 Å². The van der Waals surface area contributed by atoms with Crippen LogP contribution in [0.4, 0.5) is 0 Å². The van der Waals surface area contributed by atoms with Crippen molar-refractivity contribution < 1.29 is 4.74 Å². The second-order valence-electron chi connectivity index (χ2n) is 2.01. The second-order valence-corrected chi connectivity index (χ2v) is 2.01. The van der Waals surface area contributed by atoms with Gasteiger partial charge in [0.15, 0.2) is 0 Å². The average molecular weight is 167 g/mol. The molecule has 0 N–H and O–H groups in total. The fourth-order valence-electron chi connectivity index (χ4n) is 0.875. The SMILES string of the molecule is CC.CCc1ncccc1OC. The van der Waals surface area contributed by atoms with E-state index in [0.717, 1.165) is 17.9 Å². The first-order chi connectivity index (χ1) is 5.88. The van der Waals surface area contributed by atoms with Crippen LogP contribution >= 0.6 is 0 Å². The minimum atomic E-state index is 0.880. The summed E-state index contributed by atoms with van der Waals surface area (Å²) in [5.41, 5.74) is 1.02. The third kappa shape index (κ3) is 2.91. The first kappa shape index (κ1) is 11.0. The highest BCUT2D eigenvalue weighted by Gasteiger charge is 1.97.